The van der Waals surface area contributed by atoms with E-state index in [0.29, 0.717) is 16.8 Å². The minimum absolute atomic E-state index is 0.0688. The van der Waals surface area contributed by atoms with E-state index in [1.807, 2.05) is 31.2 Å². The number of methoxy groups -OCH3 is 1. The fraction of sp³-hybridized carbons (Fsp3) is 0.316. The quantitative estimate of drug-likeness (QED) is 0.643. The van der Waals surface area contributed by atoms with E-state index in [4.69, 9.17) is 4.74 Å². The summed E-state index contributed by atoms with van der Waals surface area (Å²) in [5, 5.41) is 12.7. The molecular formula is C19H21NO5. The first-order valence-corrected chi connectivity index (χ1v) is 7.77. The first-order chi connectivity index (χ1) is 11.7. The first-order valence-electron chi connectivity index (χ1n) is 7.77. The Morgan fingerprint density at radius 3 is 2.08 bits per heavy atom. The van der Waals surface area contributed by atoms with Crippen LogP contribution in [0.25, 0.3) is 5.57 Å². The maximum atomic E-state index is 12.4. The number of Topliss-reactive ketones (excluding diaryl/α,β-unsaturated/α-hetero) is 1. The number of allylic oxidation sites excluding steroid dienone is 1. The minimum Gasteiger partial charge on any atom is -0.478 e. The number of dihydropyridines is 1. The summed E-state index contributed by atoms with van der Waals surface area (Å²) < 4.78 is 4.79. The Morgan fingerprint density at radius 2 is 1.64 bits per heavy atom. The predicted molar refractivity (Wildman–Crippen MR) is 92.7 cm³/mol. The average Bonchev–Trinajstić information content (AvgIpc) is 2.55. The molecule has 0 bridgehead atoms. The van der Waals surface area contributed by atoms with Gasteiger partial charge in [-0.2, -0.15) is 0 Å². The van der Waals surface area contributed by atoms with Crippen LogP contribution in [-0.4, -0.2) is 35.5 Å². The lowest BCUT2D eigenvalue weighted by molar-refractivity contribution is -0.150. The van der Waals surface area contributed by atoms with Gasteiger partial charge in [-0.25, -0.2) is 9.59 Å². The van der Waals surface area contributed by atoms with Gasteiger partial charge in [0.1, 0.15) is 0 Å². The number of aliphatic carboxylic acids is 1. The Kier molecular flexibility index (Phi) is 4.83. The molecule has 132 valence electrons. The number of ketones is 1. The molecule has 0 aromatic heterocycles. The number of carboxylic acids is 1. The number of carboxylic acid groups (broad SMARTS) is 1. The van der Waals surface area contributed by atoms with Gasteiger partial charge in [-0.1, -0.05) is 29.8 Å². The molecule has 0 radical (unpaired) electrons. The Balaban J connectivity index is 2.80. The van der Waals surface area contributed by atoms with E-state index in [2.05, 4.69) is 5.32 Å². The lowest BCUT2D eigenvalue weighted by Gasteiger charge is -2.37. The third kappa shape index (κ3) is 2.84. The normalized spacial score (nSPS) is 20.2. The number of carbonyl (C=O) groups excluding carboxylic acids is 2. The van der Waals surface area contributed by atoms with E-state index < -0.39 is 23.3 Å². The minimum atomic E-state index is -1.83. The molecule has 0 saturated heterocycles. The third-order valence-electron chi connectivity index (χ3n) is 4.51. The summed E-state index contributed by atoms with van der Waals surface area (Å²) in [5.41, 5.74) is 0.811. The van der Waals surface area contributed by atoms with Gasteiger partial charge in [0.2, 0.25) is 5.54 Å². The number of aryl methyl sites for hydroxylation is 1. The molecule has 1 aromatic rings. The summed E-state index contributed by atoms with van der Waals surface area (Å²) >= 11 is 0. The molecule has 0 fully saturated rings. The van der Waals surface area contributed by atoms with Crippen LogP contribution in [0.1, 0.15) is 31.9 Å². The molecule has 2 rings (SSSR count). The van der Waals surface area contributed by atoms with Crippen molar-refractivity contribution in [2.45, 2.75) is 33.2 Å². The summed E-state index contributed by atoms with van der Waals surface area (Å²) in [7, 11) is 1.16. The van der Waals surface area contributed by atoms with Crippen LogP contribution in [0.2, 0.25) is 0 Å². The number of hydrogen-bond donors (Lipinski definition) is 2. The Hall–Kier alpha value is -2.89. The Bertz CT molecular complexity index is 817. The number of hydrogen-bond acceptors (Lipinski definition) is 5. The maximum Gasteiger partial charge on any atom is 0.343 e. The highest BCUT2D eigenvalue weighted by atomic mass is 16.5. The first kappa shape index (κ1) is 18.4. The molecular weight excluding hydrogens is 322 g/mol. The highest BCUT2D eigenvalue weighted by Gasteiger charge is 2.51. The van der Waals surface area contributed by atoms with Gasteiger partial charge in [0.05, 0.1) is 12.7 Å². The fourth-order valence-electron chi connectivity index (χ4n) is 3.20. The number of ether oxygens (including phenoxy) is 1. The molecule has 1 aliphatic heterocycles. The lowest BCUT2D eigenvalue weighted by Crippen LogP contribution is -2.60. The molecule has 1 heterocycles. The second-order valence-electron chi connectivity index (χ2n) is 6.09. The molecule has 25 heavy (non-hydrogen) atoms. The summed E-state index contributed by atoms with van der Waals surface area (Å²) in [4.78, 5) is 36.7. The SMILES string of the molecule is COC(=O)[C@]1(C(C)=O)NC(C)=C(c2ccc(C)cc2)C(C(=O)O)=C1C. The van der Waals surface area contributed by atoms with E-state index in [1.165, 1.54) is 13.8 Å². The van der Waals surface area contributed by atoms with Crippen LogP contribution in [0.3, 0.4) is 0 Å². The highest BCUT2D eigenvalue weighted by Crippen LogP contribution is 2.38. The lowest BCUT2D eigenvalue weighted by atomic mass is 9.76. The Labute approximate surface area is 146 Å². The molecule has 1 aliphatic rings. The van der Waals surface area contributed by atoms with Crippen molar-refractivity contribution in [3.8, 4) is 0 Å². The van der Waals surface area contributed by atoms with E-state index in [9.17, 15) is 19.5 Å². The van der Waals surface area contributed by atoms with Crippen LogP contribution in [0.5, 0.6) is 0 Å². The van der Waals surface area contributed by atoms with Gasteiger partial charge in [-0.3, -0.25) is 4.79 Å². The van der Waals surface area contributed by atoms with Gasteiger partial charge in [0, 0.05) is 11.3 Å². The zero-order chi connectivity index (χ0) is 18.9. The molecule has 0 amide bonds. The van der Waals surface area contributed by atoms with E-state index in [-0.39, 0.29) is 11.1 Å². The molecule has 2 N–H and O–H groups in total. The number of esters is 1. The smallest absolute Gasteiger partial charge is 0.343 e. The maximum absolute atomic E-state index is 12.4. The van der Waals surface area contributed by atoms with Crippen molar-refractivity contribution >= 4 is 23.3 Å². The van der Waals surface area contributed by atoms with Gasteiger partial charge in [-0.05, 0) is 38.8 Å². The average molecular weight is 343 g/mol. The molecule has 0 spiro atoms. The van der Waals surface area contributed by atoms with Crippen LogP contribution in [0.15, 0.2) is 41.1 Å². The zero-order valence-corrected chi connectivity index (χ0v) is 14.9. The molecule has 0 aliphatic carbocycles. The second kappa shape index (κ2) is 6.55. The van der Waals surface area contributed by atoms with Gasteiger partial charge < -0.3 is 15.2 Å². The molecule has 1 aromatic carbocycles. The molecule has 6 nitrogen and oxygen atoms in total. The van der Waals surface area contributed by atoms with Crippen LogP contribution in [0, 0.1) is 6.92 Å². The third-order valence-corrected chi connectivity index (χ3v) is 4.51. The predicted octanol–water partition coefficient (Wildman–Crippen LogP) is 2.23. The topological polar surface area (TPSA) is 92.7 Å². The van der Waals surface area contributed by atoms with Crippen LogP contribution < -0.4 is 5.32 Å². The summed E-state index contributed by atoms with van der Waals surface area (Å²) in [6.07, 6.45) is 0. The van der Waals surface area contributed by atoms with Crippen molar-refractivity contribution in [3.05, 3.63) is 52.2 Å². The van der Waals surface area contributed by atoms with Gasteiger partial charge in [0.25, 0.3) is 0 Å². The van der Waals surface area contributed by atoms with Crippen molar-refractivity contribution in [1.82, 2.24) is 5.32 Å². The highest BCUT2D eigenvalue weighted by molar-refractivity contribution is 6.17. The van der Waals surface area contributed by atoms with E-state index in [1.54, 1.807) is 6.92 Å². The number of nitrogens with one attached hydrogen (secondary N) is 1. The second-order valence-corrected chi connectivity index (χ2v) is 6.09. The summed E-state index contributed by atoms with van der Waals surface area (Å²) in [6, 6.07) is 7.37. The molecule has 1 atom stereocenters. The standard InChI is InChI=1S/C19H21NO5/c1-10-6-8-14(9-7-10)16-12(3)20-19(13(4)21,18(24)25-5)11(2)15(16)17(22)23/h6-9,20H,1-5H3,(H,22,23)/t19-/m0/s1. The number of rotatable bonds is 4. The van der Waals surface area contributed by atoms with E-state index in [0.717, 1.165) is 12.7 Å². The van der Waals surface area contributed by atoms with Crippen molar-refractivity contribution in [1.29, 1.82) is 0 Å². The van der Waals surface area contributed by atoms with Crippen LogP contribution in [-0.2, 0) is 19.1 Å². The van der Waals surface area contributed by atoms with Gasteiger partial charge in [0.15, 0.2) is 5.78 Å². The largest absolute Gasteiger partial charge is 0.478 e. The molecule has 6 heteroatoms. The van der Waals surface area contributed by atoms with E-state index >= 15 is 0 Å². The number of benzene rings is 1. The van der Waals surface area contributed by atoms with Crippen molar-refractivity contribution < 1.29 is 24.2 Å². The summed E-state index contributed by atoms with van der Waals surface area (Å²) in [6.45, 7) is 6.28. The molecule has 0 unspecified atom stereocenters. The summed E-state index contributed by atoms with van der Waals surface area (Å²) in [5.74, 6) is -2.57. The van der Waals surface area contributed by atoms with Crippen molar-refractivity contribution in [2.75, 3.05) is 7.11 Å². The van der Waals surface area contributed by atoms with Crippen molar-refractivity contribution in [3.63, 3.8) is 0 Å². The van der Waals surface area contributed by atoms with Crippen LogP contribution >= 0.6 is 0 Å². The van der Waals surface area contributed by atoms with Gasteiger partial charge >= 0.3 is 11.9 Å². The van der Waals surface area contributed by atoms with Crippen molar-refractivity contribution in [2.24, 2.45) is 0 Å². The molecule has 0 saturated carbocycles. The Morgan fingerprint density at radius 1 is 1.08 bits per heavy atom. The number of carbonyl (C=O) groups is 3. The fourth-order valence-corrected chi connectivity index (χ4v) is 3.20. The monoisotopic (exact) mass is 343 g/mol. The van der Waals surface area contributed by atoms with Gasteiger partial charge in [-0.15, -0.1) is 0 Å². The van der Waals surface area contributed by atoms with Crippen LogP contribution in [0.4, 0.5) is 0 Å². The zero-order valence-electron chi connectivity index (χ0n) is 14.9.